The number of aryl methyl sites for hydroxylation is 2. The van der Waals surface area contributed by atoms with E-state index >= 15 is 0 Å². The van der Waals surface area contributed by atoms with Crippen molar-refractivity contribution in [2.24, 2.45) is 0 Å². The molecular formula is C20H23BrN4OS2. The fraction of sp³-hybridized carbons (Fsp3) is 0.400. The number of piperazine rings is 1. The van der Waals surface area contributed by atoms with Gasteiger partial charge in [0.05, 0.1) is 18.9 Å². The number of amides is 1. The number of nitrogens with zero attached hydrogens (tertiary/aromatic N) is 3. The highest BCUT2D eigenvalue weighted by Gasteiger charge is 2.20. The highest BCUT2D eigenvalue weighted by molar-refractivity contribution is 9.11. The predicted octanol–water partition coefficient (Wildman–Crippen LogP) is 4.29. The molecule has 1 saturated heterocycles. The van der Waals surface area contributed by atoms with Crippen LogP contribution in [0.15, 0.2) is 28.1 Å². The van der Waals surface area contributed by atoms with Crippen molar-refractivity contribution in [1.29, 1.82) is 0 Å². The summed E-state index contributed by atoms with van der Waals surface area (Å²) in [5.74, 6) is 0.00877. The molecule has 1 aliphatic heterocycles. The van der Waals surface area contributed by atoms with Crippen LogP contribution in [0.25, 0.3) is 10.2 Å². The van der Waals surface area contributed by atoms with Crippen LogP contribution in [0.1, 0.15) is 20.8 Å². The van der Waals surface area contributed by atoms with Gasteiger partial charge in [-0.15, -0.1) is 11.3 Å². The zero-order chi connectivity index (χ0) is 19.7. The molecule has 1 N–H and O–H groups in total. The lowest BCUT2D eigenvalue weighted by Crippen LogP contribution is -2.48. The summed E-state index contributed by atoms with van der Waals surface area (Å²) in [6.07, 6.45) is 0. The number of thiazole rings is 1. The SMILES string of the molecule is Cc1cc(C)c2sc(N3CCN(CCNC(=O)c4ccc(Br)s4)CC3)nc2c1. The zero-order valence-electron chi connectivity index (χ0n) is 16.0. The van der Waals surface area contributed by atoms with Crippen LogP contribution in [0, 0.1) is 13.8 Å². The number of nitrogens with one attached hydrogen (secondary N) is 1. The van der Waals surface area contributed by atoms with Crippen molar-refractivity contribution < 1.29 is 4.79 Å². The molecule has 0 unspecified atom stereocenters. The molecule has 8 heteroatoms. The molecule has 3 heterocycles. The smallest absolute Gasteiger partial charge is 0.261 e. The Morgan fingerprint density at radius 2 is 1.96 bits per heavy atom. The number of hydrogen-bond donors (Lipinski definition) is 1. The normalized spacial score (nSPS) is 15.3. The first-order valence-electron chi connectivity index (χ1n) is 9.38. The van der Waals surface area contributed by atoms with Gasteiger partial charge in [0.25, 0.3) is 5.91 Å². The average Bonchev–Trinajstić information content (AvgIpc) is 3.29. The topological polar surface area (TPSA) is 48.5 Å². The third kappa shape index (κ3) is 4.40. The quantitative estimate of drug-likeness (QED) is 0.593. The van der Waals surface area contributed by atoms with Gasteiger partial charge in [0.2, 0.25) is 0 Å². The van der Waals surface area contributed by atoms with Gasteiger partial charge in [0.15, 0.2) is 5.13 Å². The lowest BCUT2D eigenvalue weighted by atomic mass is 10.1. The van der Waals surface area contributed by atoms with Crippen LogP contribution in [-0.4, -0.2) is 55.1 Å². The van der Waals surface area contributed by atoms with Gasteiger partial charge in [-0.25, -0.2) is 4.98 Å². The van der Waals surface area contributed by atoms with Crippen molar-refractivity contribution >= 4 is 59.9 Å². The number of hydrogen-bond acceptors (Lipinski definition) is 6. The maximum absolute atomic E-state index is 12.1. The fourth-order valence-electron chi connectivity index (χ4n) is 3.51. The number of fused-ring (bicyclic) bond motifs is 1. The Morgan fingerprint density at radius 1 is 1.18 bits per heavy atom. The Balaban J connectivity index is 1.28. The first kappa shape index (κ1) is 19.8. The Bertz CT molecular complexity index is 991. The zero-order valence-corrected chi connectivity index (χ0v) is 19.2. The third-order valence-corrected chi connectivity index (χ3v) is 7.85. The van der Waals surface area contributed by atoms with Crippen molar-refractivity contribution in [1.82, 2.24) is 15.2 Å². The molecule has 1 aromatic carbocycles. The molecule has 3 aromatic rings. The number of rotatable bonds is 5. The number of aromatic nitrogens is 1. The highest BCUT2D eigenvalue weighted by Crippen LogP contribution is 2.32. The number of benzene rings is 1. The van der Waals surface area contributed by atoms with E-state index in [1.807, 2.05) is 12.1 Å². The van der Waals surface area contributed by atoms with Crippen LogP contribution < -0.4 is 10.2 Å². The standard InChI is InChI=1S/C20H23BrN4OS2/c1-13-11-14(2)18-15(12-13)23-20(28-18)25-9-7-24(8-10-25)6-5-22-19(26)16-3-4-17(21)27-16/h3-4,11-12H,5-10H2,1-2H3,(H,22,26). The van der Waals surface area contributed by atoms with Crippen molar-refractivity contribution in [2.45, 2.75) is 13.8 Å². The molecule has 148 valence electrons. The molecule has 1 amide bonds. The summed E-state index contributed by atoms with van der Waals surface area (Å²) in [4.78, 5) is 22.5. The molecule has 0 spiro atoms. The summed E-state index contributed by atoms with van der Waals surface area (Å²) in [5, 5.41) is 4.14. The third-order valence-electron chi connectivity index (χ3n) is 4.96. The van der Waals surface area contributed by atoms with Crippen molar-refractivity contribution in [2.75, 3.05) is 44.2 Å². The lowest BCUT2D eigenvalue weighted by Gasteiger charge is -2.34. The minimum Gasteiger partial charge on any atom is -0.350 e. The molecule has 0 saturated carbocycles. The molecular weight excluding hydrogens is 456 g/mol. The van der Waals surface area contributed by atoms with Crippen molar-refractivity contribution in [3.8, 4) is 0 Å². The van der Waals surface area contributed by atoms with E-state index in [2.05, 4.69) is 57.0 Å². The van der Waals surface area contributed by atoms with Crippen LogP contribution >= 0.6 is 38.6 Å². The maximum Gasteiger partial charge on any atom is 0.261 e. The van der Waals surface area contributed by atoms with Crippen molar-refractivity contribution in [3.63, 3.8) is 0 Å². The van der Waals surface area contributed by atoms with Gasteiger partial charge in [-0.1, -0.05) is 17.4 Å². The Kier molecular flexibility index (Phi) is 6.01. The second-order valence-electron chi connectivity index (χ2n) is 7.11. The van der Waals surface area contributed by atoms with E-state index in [-0.39, 0.29) is 5.91 Å². The number of halogens is 1. The van der Waals surface area contributed by atoms with Crippen molar-refractivity contribution in [3.05, 3.63) is 44.1 Å². The van der Waals surface area contributed by atoms with Gasteiger partial charge in [0, 0.05) is 39.3 Å². The van der Waals surface area contributed by atoms with Crippen LogP contribution in [0.4, 0.5) is 5.13 Å². The minimum absolute atomic E-state index is 0.00877. The van der Waals surface area contributed by atoms with Gasteiger partial charge in [-0.3, -0.25) is 9.69 Å². The first-order chi connectivity index (χ1) is 13.5. The number of carbonyl (C=O) groups excluding carboxylic acids is 1. The molecule has 0 atom stereocenters. The summed E-state index contributed by atoms with van der Waals surface area (Å²) in [6.45, 7) is 9.78. The maximum atomic E-state index is 12.1. The fourth-order valence-corrected chi connectivity index (χ4v) is 5.88. The minimum atomic E-state index is 0.00877. The average molecular weight is 479 g/mol. The van der Waals surface area contributed by atoms with E-state index in [1.165, 1.54) is 27.2 Å². The summed E-state index contributed by atoms with van der Waals surface area (Å²) < 4.78 is 2.28. The summed E-state index contributed by atoms with van der Waals surface area (Å²) in [7, 11) is 0. The van der Waals surface area contributed by atoms with Gasteiger partial charge in [0.1, 0.15) is 0 Å². The van der Waals surface area contributed by atoms with Crippen LogP contribution in [0.3, 0.4) is 0 Å². The summed E-state index contributed by atoms with van der Waals surface area (Å²) >= 11 is 6.66. The van der Waals surface area contributed by atoms with Gasteiger partial charge in [-0.05, 0) is 59.1 Å². The van der Waals surface area contributed by atoms with Crippen LogP contribution in [0.5, 0.6) is 0 Å². The second kappa shape index (κ2) is 8.49. The van der Waals surface area contributed by atoms with Gasteiger partial charge in [-0.2, -0.15) is 0 Å². The number of thiophene rings is 1. The molecule has 5 nitrogen and oxygen atoms in total. The number of carbonyl (C=O) groups is 1. The Labute approximate surface area is 181 Å². The van der Waals surface area contributed by atoms with E-state index < -0.39 is 0 Å². The molecule has 28 heavy (non-hydrogen) atoms. The van der Waals surface area contributed by atoms with E-state index in [0.29, 0.717) is 6.54 Å². The lowest BCUT2D eigenvalue weighted by molar-refractivity contribution is 0.0952. The number of anilines is 1. The Morgan fingerprint density at radius 3 is 2.68 bits per heavy atom. The summed E-state index contributed by atoms with van der Waals surface area (Å²) in [5.41, 5.74) is 3.69. The molecule has 2 aromatic heterocycles. The molecule has 0 bridgehead atoms. The monoisotopic (exact) mass is 478 g/mol. The van der Waals surface area contributed by atoms with Gasteiger partial charge < -0.3 is 10.2 Å². The predicted molar refractivity (Wildman–Crippen MR) is 122 cm³/mol. The van der Waals surface area contributed by atoms with Crippen LogP contribution in [0.2, 0.25) is 0 Å². The van der Waals surface area contributed by atoms with E-state index in [0.717, 1.165) is 52.0 Å². The molecule has 0 aliphatic carbocycles. The first-order valence-corrected chi connectivity index (χ1v) is 11.8. The Hall–Kier alpha value is -1.48. The van der Waals surface area contributed by atoms with E-state index in [9.17, 15) is 4.79 Å². The molecule has 1 aliphatic rings. The molecule has 1 fully saturated rings. The second-order valence-corrected chi connectivity index (χ2v) is 10.6. The van der Waals surface area contributed by atoms with E-state index in [1.54, 1.807) is 11.3 Å². The largest absolute Gasteiger partial charge is 0.350 e. The van der Waals surface area contributed by atoms with Crippen LogP contribution in [-0.2, 0) is 0 Å². The summed E-state index contributed by atoms with van der Waals surface area (Å²) in [6, 6.07) is 8.16. The molecule has 4 rings (SSSR count). The highest BCUT2D eigenvalue weighted by atomic mass is 79.9. The van der Waals surface area contributed by atoms with Gasteiger partial charge >= 0.3 is 0 Å². The van der Waals surface area contributed by atoms with E-state index in [4.69, 9.17) is 4.98 Å². The molecule has 0 radical (unpaired) electrons.